The van der Waals surface area contributed by atoms with E-state index in [2.05, 4.69) is 54.5 Å². The molecule has 0 radical (unpaired) electrons. The largest absolute Gasteiger partial charge is 0.383 e. The van der Waals surface area contributed by atoms with E-state index < -0.39 is 0 Å². The van der Waals surface area contributed by atoms with Gasteiger partial charge >= 0.3 is 0 Å². The Bertz CT molecular complexity index is 522. The topological polar surface area (TPSA) is 84.3 Å². The van der Waals surface area contributed by atoms with Gasteiger partial charge in [-0.1, -0.05) is 20.8 Å². The summed E-state index contributed by atoms with van der Waals surface area (Å²) in [5.41, 5.74) is 13.3. The van der Waals surface area contributed by atoms with E-state index in [1.165, 1.54) is 0 Å². The van der Waals surface area contributed by atoms with Crippen molar-refractivity contribution in [1.29, 1.82) is 0 Å². The van der Waals surface area contributed by atoms with Crippen molar-refractivity contribution >= 4 is 17.6 Å². The summed E-state index contributed by atoms with van der Waals surface area (Å²) in [4.78, 5) is 13.3. The Balaban J connectivity index is 2.29. The van der Waals surface area contributed by atoms with Gasteiger partial charge in [-0.15, -0.1) is 0 Å². The van der Waals surface area contributed by atoms with Crippen LogP contribution in [-0.2, 0) is 6.42 Å². The van der Waals surface area contributed by atoms with Gasteiger partial charge in [-0.3, -0.25) is 0 Å². The Labute approximate surface area is 133 Å². The van der Waals surface area contributed by atoms with Gasteiger partial charge in [0.2, 0.25) is 5.95 Å². The molecular weight excluding hydrogens is 276 g/mol. The molecular formula is C16H30N6. The van der Waals surface area contributed by atoms with Crippen LogP contribution in [0.1, 0.15) is 39.7 Å². The molecule has 0 bridgehead atoms. The zero-order valence-corrected chi connectivity index (χ0v) is 14.6. The predicted octanol–water partition coefficient (Wildman–Crippen LogP) is 1.76. The smallest absolute Gasteiger partial charge is 0.223 e. The third-order valence-electron chi connectivity index (χ3n) is 4.42. The van der Waals surface area contributed by atoms with Gasteiger partial charge in [0.15, 0.2) is 0 Å². The minimum atomic E-state index is 0.250. The van der Waals surface area contributed by atoms with Crippen molar-refractivity contribution < 1.29 is 0 Å². The van der Waals surface area contributed by atoms with Crippen LogP contribution < -0.4 is 16.4 Å². The lowest BCUT2D eigenvalue weighted by Crippen LogP contribution is -2.50. The Morgan fingerprint density at radius 3 is 2.45 bits per heavy atom. The van der Waals surface area contributed by atoms with Crippen LogP contribution in [0, 0.1) is 5.41 Å². The molecule has 6 nitrogen and oxygen atoms in total. The number of rotatable bonds is 3. The van der Waals surface area contributed by atoms with Crippen LogP contribution in [0.5, 0.6) is 0 Å². The van der Waals surface area contributed by atoms with E-state index in [1.807, 2.05) is 0 Å². The van der Waals surface area contributed by atoms with Crippen molar-refractivity contribution in [2.75, 3.05) is 43.0 Å². The highest BCUT2D eigenvalue weighted by atomic mass is 15.3. The number of nitrogen functional groups attached to an aromatic ring is 2. The number of piperazine rings is 1. The summed E-state index contributed by atoms with van der Waals surface area (Å²) >= 11 is 0. The van der Waals surface area contributed by atoms with Gasteiger partial charge in [0.05, 0.1) is 0 Å². The van der Waals surface area contributed by atoms with Crippen molar-refractivity contribution in [2.45, 2.75) is 46.6 Å². The first kappa shape index (κ1) is 16.8. The fourth-order valence-electron chi connectivity index (χ4n) is 2.75. The molecule has 1 aliphatic rings. The molecule has 0 spiro atoms. The van der Waals surface area contributed by atoms with Gasteiger partial charge in [0.1, 0.15) is 11.6 Å². The minimum Gasteiger partial charge on any atom is -0.383 e. The molecule has 1 aromatic heterocycles. The van der Waals surface area contributed by atoms with Crippen LogP contribution in [0.15, 0.2) is 0 Å². The summed E-state index contributed by atoms with van der Waals surface area (Å²) < 4.78 is 0. The van der Waals surface area contributed by atoms with Crippen LogP contribution in [-0.4, -0.2) is 47.6 Å². The van der Waals surface area contributed by atoms with E-state index >= 15 is 0 Å². The number of hydrogen-bond acceptors (Lipinski definition) is 6. The minimum absolute atomic E-state index is 0.250. The van der Waals surface area contributed by atoms with Crippen molar-refractivity contribution in [2.24, 2.45) is 5.41 Å². The molecule has 6 heteroatoms. The summed E-state index contributed by atoms with van der Waals surface area (Å²) in [6.45, 7) is 11.8. The molecule has 1 unspecified atom stereocenters. The first-order valence-electron chi connectivity index (χ1n) is 8.04. The van der Waals surface area contributed by atoms with Gasteiger partial charge in [0.25, 0.3) is 0 Å². The second-order valence-corrected chi connectivity index (χ2v) is 7.61. The van der Waals surface area contributed by atoms with Gasteiger partial charge in [0, 0.05) is 31.2 Å². The molecule has 0 aliphatic carbocycles. The Morgan fingerprint density at radius 1 is 1.18 bits per heavy atom. The predicted molar refractivity (Wildman–Crippen MR) is 92.9 cm³/mol. The van der Waals surface area contributed by atoms with Crippen LogP contribution in [0.4, 0.5) is 17.6 Å². The molecule has 1 saturated heterocycles. The monoisotopic (exact) mass is 306 g/mol. The zero-order valence-electron chi connectivity index (χ0n) is 14.6. The lowest BCUT2D eigenvalue weighted by atomic mass is 9.88. The van der Waals surface area contributed by atoms with Crippen LogP contribution in [0.25, 0.3) is 0 Å². The molecule has 0 saturated carbocycles. The average molecular weight is 306 g/mol. The summed E-state index contributed by atoms with van der Waals surface area (Å²) in [5.74, 6) is 1.71. The van der Waals surface area contributed by atoms with E-state index in [4.69, 9.17) is 11.5 Å². The van der Waals surface area contributed by atoms with Crippen molar-refractivity contribution in [1.82, 2.24) is 14.9 Å². The molecule has 2 heterocycles. The highest BCUT2D eigenvalue weighted by Crippen LogP contribution is 2.30. The number of likely N-dealkylation sites (N-methyl/N-ethyl adjacent to an activating group) is 1. The lowest BCUT2D eigenvalue weighted by Gasteiger charge is -2.39. The van der Waals surface area contributed by atoms with E-state index in [-0.39, 0.29) is 11.4 Å². The van der Waals surface area contributed by atoms with E-state index in [0.29, 0.717) is 11.9 Å². The summed E-state index contributed by atoms with van der Waals surface area (Å²) in [5, 5.41) is 0. The van der Waals surface area contributed by atoms with Crippen LogP contribution in [0.3, 0.4) is 0 Å². The number of nitrogens with zero attached hydrogens (tertiary/aromatic N) is 4. The maximum absolute atomic E-state index is 6.15. The number of hydrogen-bond donors (Lipinski definition) is 2. The molecule has 0 amide bonds. The fourth-order valence-corrected chi connectivity index (χ4v) is 2.75. The molecule has 4 N–H and O–H groups in total. The zero-order chi connectivity index (χ0) is 16.5. The van der Waals surface area contributed by atoms with Crippen molar-refractivity contribution in [3.63, 3.8) is 0 Å². The standard InChI is InChI=1S/C16H30N6/c1-11-10-22(9-8-21(11)5)14-12(6-7-16(2,3)4)13(17)19-15(18)20-14/h11H,6-10H2,1-5H3,(H4,17,18,19,20). The SMILES string of the molecule is CC1CN(c2nc(N)nc(N)c2CCC(C)(C)C)CCN1C. The van der Waals surface area contributed by atoms with Gasteiger partial charge in [-0.05, 0) is 32.2 Å². The molecule has 1 fully saturated rings. The number of aromatic nitrogens is 2. The lowest BCUT2D eigenvalue weighted by molar-refractivity contribution is 0.233. The average Bonchev–Trinajstić information content (AvgIpc) is 2.39. The molecule has 1 atom stereocenters. The Morgan fingerprint density at radius 2 is 1.86 bits per heavy atom. The van der Waals surface area contributed by atoms with E-state index in [9.17, 15) is 0 Å². The first-order valence-corrected chi connectivity index (χ1v) is 8.04. The van der Waals surface area contributed by atoms with Crippen molar-refractivity contribution in [3.05, 3.63) is 5.56 Å². The first-order chi connectivity index (χ1) is 10.2. The van der Waals surface area contributed by atoms with E-state index in [0.717, 1.165) is 43.9 Å². The van der Waals surface area contributed by atoms with Gasteiger partial charge in [-0.25, -0.2) is 0 Å². The fraction of sp³-hybridized carbons (Fsp3) is 0.750. The van der Waals surface area contributed by atoms with Gasteiger partial charge < -0.3 is 21.3 Å². The number of nitrogens with two attached hydrogens (primary N) is 2. The Hall–Kier alpha value is -1.56. The molecule has 1 aliphatic heterocycles. The Kier molecular flexibility index (Phi) is 4.80. The molecule has 2 rings (SSSR count). The highest BCUT2D eigenvalue weighted by molar-refractivity contribution is 5.60. The second kappa shape index (κ2) is 6.28. The summed E-state index contributed by atoms with van der Waals surface area (Å²) in [6.07, 6.45) is 1.92. The normalized spacial score (nSPS) is 20.4. The van der Waals surface area contributed by atoms with Crippen LogP contribution in [0.2, 0.25) is 0 Å². The number of anilines is 3. The maximum Gasteiger partial charge on any atom is 0.223 e. The summed E-state index contributed by atoms with van der Waals surface area (Å²) in [6, 6.07) is 0.488. The van der Waals surface area contributed by atoms with E-state index in [1.54, 1.807) is 0 Å². The molecule has 1 aromatic rings. The highest BCUT2D eigenvalue weighted by Gasteiger charge is 2.25. The maximum atomic E-state index is 6.15. The third kappa shape index (κ3) is 4.00. The third-order valence-corrected chi connectivity index (χ3v) is 4.42. The molecule has 22 heavy (non-hydrogen) atoms. The summed E-state index contributed by atoms with van der Waals surface area (Å²) in [7, 11) is 2.16. The second-order valence-electron chi connectivity index (χ2n) is 7.61. The molecule has 124 valence electrons. The molecule has 0 aromatic carbocycles. The van der Waals surface area contributed by atoms with Crippen molar-refractivity contribution in [3.8, 4) is 0 Å². The van der Waals surface area contributed by atoms with Crippen LogP contribution >= 0.6 is 0 Å². The quantitative estimate of drug-likeness (QED) is 0.885. The van der Waals surface area contributed by atoms with Gasteiger partial charge in [-0.2, -0.15) is 9.97 Å².